The zero-order valence-corrected chi connectivity index (χ0v) is 16.9. The van der Waals surface area contributed by atoms with Gasteiger partial charge in [0.05, 0.1) is 34.5 Å². The molecule has 0 saturated heterocycles. The van der Waals surface area contributed by atoms with Gasteiger partial charge in [0.2, 0.25) is 5.91 Å². The van der Waals surface area contributed by atoms with Crippen molar-refractivity contribution in [3.63, 3.8) is 0 Å². The molecule has 0 bridgehead atoms. The van der Waals surface area contributed by atoms with Crippen LogP contribution < -0.4 is 11.2 Å². The number of hydrazone groups is 1. The van der Waals surface area contributed by atoms with E-state index in [0.717, 1.165) is 27.4 Å². The molecule has 0 spiro atoms. The third-order valence-corrected chi connectivity index (χ3v) is 5.88. The summed E-state index contributed by atoms with van der Waals surface area (Å²) in [6, 6.07) is 16.1. The standard InChI is InChI=1S/C24H18N6O2/c25-12-14-1-3-15(4-2-14)13-28-30-22(31)16-5-6-17-18-7-10-27-21(20(18)29-19(17)11-16)24(8-9-24)23(26)32/h1-7,10-11,13,29H,8-9H2,(H2,26,32)(H,30,31). The van der Waals surface area contributed by atoms with Gasteiger partial charge >= 0.3 is 0 Å². The van der Waals surface area contributed by atoms with Gasteiger partial charge in [0.25, 0.3) is 5.91 Å². The lowest BCUT2D eigenvalue weighted by atomic mass is 9.99. The van der Waals surface area contributed by atoms with Crippen LogP contribution in [0.3, 0.4) is 0 Å². The molecule has 4 aromatic rings. The molecule has 2 amide bonds. The number of aromatic amines is 1. The number of primary amides is 1. The second-order valence-electron chi connectivity index (χ2n) is 7.85. The molecule has 1 aliphatic rings. The summed E-state index contributed by atoms with van der Waals surface area (Å²) in [7, 11) is 0. The molecule has 4 N–H and O–H groups in total. The van der Waals surface area contributed by atoms with Crippen molar-refractivity contribution in [2.45, 2.75) is 18.3 Å². The number of H-pyrrole nitrogens is 1. The lowest BCUT2D eigenvalue weighted by Gasteiger charge is -2.10. The monoisotopic (exact) mass is 422 g/mol. The first-order valence-corrected chi connectivity index (χ1v) is 10.1. The van der Waals surface area contributed by atoms with Gasteiger partial charge in [0, 0.05) is 28.0 Å². The van der Waals surface area contributed by atoms with E-state index in [1.807, 2.05) is 12.1 Å². The van der Waals surface area contributed by atoms with E-state index in [0.29, 0.717) is 29.7 Å². The molecule has 2 aromatic heterocycles. The number of hydrogen-bond acceptors (Lipinski definition) is 5. The Balaban J connectivity index is 1.42. The van der Waals surface area contributed by atoms with Crippen LogP contribution in [-0.4, -0.2) is 28.0 Å². The normalized spacial score (nSPS) is 14.5. The first-order chi connectivity index (χ1) is 15.5. The highest BCUT2D eigenvalue weighted by molar-refractivity contribution is 6.11. The Morgan fingerprint density at radius 3 is 2.62 bits per heavy atom. The van der Waals surface area contributed by atoms with Gasteiger partial charge < -0.3 is 10.7 Å². The van der Waals surface area contributed by atoms with Crippen LogP contribution >= 0.6 is 0 Å². The van der Waals surface area contributed by atoms with Gasteiger partial charge in [-0.15, -0.1) is 0 Å². The van der Waals surface area contributed by atoms with Crippen molar-refractivity contribution in [1.29, 1.82) is 5.26 Å². The molecule has 32 heavy (non-hydrogen) atoms. The molecule has 0 radical (unpaired) electrons. The zero-order valence-electron chi connectivity index (χ0n) is 16.9. The van der Waals surface area contributed by atoms with E-state index >= 15 is 0 Å². The number of amides is 2. The Hall–Kier alpha value is -4.51. The number of benzene rings is 2. The Labute approximate surface area is 182 Å². The Kier molecular flexibility index (Phi) is 4.45. The molecular weight excluding hydrogens is 404 g/mol. The van der Waals surface area contributed by atoms with Crippen molar-refractivity contribution in [1.82, 2.24) is 15.4 Å². The number of nitrogens with one attached hydrogen (secondary N) is 2. The molecule has 8 nitrogen and oxygen atoms in total. The zero-order chi connectivity index (χ0) is 22.3. The van der Waals surface area contributed by atoms with E-state index in [2.05, 4.69) is 26.6 Å². The van der Waals surface area contributed by atoms with E-state index in [-0.39, 0.29) is 11.8 Å². The van der Waals surface area contributed by atoms with Gasteiger partial charge in [-0.3, -0.25) is 14.6 Å². The van der Waals surface area contributed by atoms with Crippen molar-refractivity contribution in [2.75, 3.05) is 0 Å². The summed E-state index contributed by atoms with van der Waals surface area (Å²) in [6.45, 7) is 0. The van der Waals surface area contributed by atoms with E-state index in [1.54, 1.807) is 42.6 Å². The summed E-state index contributed by atoms with van der Waals surface area (Å²) in [6.07, 6.45) is 4.58. The fourth-order valence-corrected chi connectivity index (χ4v) is 3.93. The molecule has 8 heteroatoms. The largest absolute Gasteiger partial charge is 0.369 e. The number of hydrogen-bond donors (Lipinski definition) is 3. The smallest absolute Gasteiger partial charge is 0.271 e. The van der Waals surface area contributed by atoms with Gasteiger partial charge in [-0.05, 0) is 48.7 Å². The maximum absolute atomic E-state index is 12.6. The summed E-state index contributed by atoms with van der Waals surface area (Å²) < 4.78 is 0. The number of nitriles is 1. The number of nitrogens with two attached hydrogens (primary N) is 1. The van der Waals surface area contributed by atoms with Crippen LogP contribution in [0.2, 0.25) is 0 Å². The topological polar surface area (TPSA) is 137 Å². The van der Waals surface area contributed by atoms with Crippen LogP contribution in [0, 0.1) is 11.3 Å². The molecular formula is C24H18N6O2. The van der Waals surface area contributed by atoms with Crippen LogP contribution in [0.5, 0.6) is 0 Å². The summed E-state index contributed by atoms with van der Waals surface area (Å²) in [5.41, 5.74) is 11.4. The van der Waals surface area contributed by atoms with Gasteiger partial charge in [0.1, 0.15) is 0 Å². The molecule has 2 heterocycles. The van der Waals surface area contributed by atoms with E-state index in [9.17, 15) is 9.59 Å². The average Bonchev–Trinajstić information content (AvgIpc) is 3.54. The van der Waals surface area contributed by atoms with E-state index < -0.39 is 5.41 Å². The average molecular weight is 422 g/mol. The highest BCUT2D eigenvalue weighted by Gasteiger charge is 2.52. The van der Waals surface area contributed by atoms with Crippen LogP contribution in [0.25, 0.3) is 21.8 Å². The van der Waals surface area contributed by atoms with Gasteiger partial charge in [-0.25, -0.2) is 5.43 Å². The van der Waals surface area contributed by atoms with Crippen molar-refractivity contribution in [3.8, 4) is 6.07 Å². The quantitative estimate of drug-likeness (QED) is 0.336. The van der Waals surface area contributed by atoms with Crippen LogP contribution in [0.4, 0.5) is 0 Å². The maximum atomic E-state index is 12.6. The number of carbonyl (C=O) groups excluding carboxylic acids is 2. The number of aromatic nitrogens is 2. The molecule has 2 aromatic carbocycles. The molecule has 1 fully saturated rings. The summed E-state index contributed by atoms with van der Waals surface area (Å²) in [5, 5.41) is 14.7. The third kappa shape index (κ3) is 3.17. The molecule has 1 saturated carbocycles. The predicted molar refractivity (Wildman–Crippen MR) is 120 cm³/mol. The minimum absolute atomic E-state index is 0.357. The second kappa shape index (κ2) is 7.32. The summed E-state index contributed by atoms with van der Waals surface area (Å²) in [4.78, 5) is 32.3. The Morgan fingerprint density at radius 2 is 1.94 bits per heavy atom. The number of rotatable bonds is 5. The SMILES string of the molecule is N#Cc1ccc(C=NNC(=O)c2ccc3c(c2)[nH]c2c(C4(C(N)=O)CC4)nccc23)cc1. The summed E-state index contributed by atoms with van der Waals surface area (Å²) >= 11 is 0. The Morgan fingerprint density at radius 1 is 1.16 bits per heavy atom. The van der Waals surface area contributed by atoms with Crippen LogP contribution in [-0.2, 0) is 10.2 Å². The molecule has 5 rings (SSSR count). The fourth-order valence-electron chi connectivity index (χ4n) is 3.93. The molecule has 156 valence electrons. The Bertz CT molecular complexity index is 1460. The van der Waals surface area contributed by atoms with Crippen molar-refractivity contribution in [2.24, 2.45) is 10.8 Å². The van der Waals surface area contributed by atoms with E-state index in [1.165, 1.54) is 6.21 Å². The molecule has 1 aliphatic carbocycles. The highest BCUT2D eigenvalue weighted by Crippen LogP contribution is 2.49. The van der Waals surface area contributed by atoms with Gasteiger partial charge in [0.15, 0.2) is 0 Å². The predicted octanol–water partition coefficient (Wildman–Crippen LogP) is 2.87. The summed E-state index contributed by atoms with van der Waals surface area (Å²) in [5.74, 6) is -0.721. The minimum Gasteiger partial charge on any atom is -0.369 e. The fraction of sp³-hybridized carbons (Fsp3) is 0.125. The molecule has 0 unspecified atom stereocenters. The maximum Gasteiger partial charge on any atom is 0.271 e. The third-order valence-electron chi connectivity index (χ3n) is 5.88. The number of nitrogens with zero attached hydrogens (tertiary/aromatic N) is 3. The molecule has 0 atom stereocenters. The molecule has 0 aliphatic heterocycles. The van der Waals surface area contributed by atoms with Gasteiger partial charge in [-0.2, -0.15) is 10.4 Å². The van der Waals surface area contributed by atoms with Gasteiger partial charge in [-0.1, -0.05) is 18.2 Å². The minimum atomic E-state index is -0.708. The van der Waals surface area contributed by atoms with E-state index in [4.69, 9.17) is 11.0 Å². The lowest BCUT2D eigenvalue weighted by molar-refractivity contribution is -0.120. The first-order valence-electron chi connectivity index (χ1n) is 10.1. The van der Waals surface area contributed by atoms with Crippen molar-refractivity contribution >= 4 is 39.8 Å². The number of carbonyl (C=O) groups is 2. The van der Waals surface area contributed by atoms with Crippen LogP contribution in [0.15, 0.2) is 59.8 Å². The first kappa shape index (κ1) is 19.5. The number of fused-ring (bicyclic) bond motifs is 3. The van der Waals surface area contributed by atoms with Crippen molar-refractivity contribution < 1.29 is 9.59 Å². The van der Waals surface area contributed by atoms with Crippen LogP contribution in [0.1, 0.15) is 40.0 Å². The van der Waals surface area contributed by atoms with Crippen molar-refractivity contribution in [3.05, 3.63) is 77.1 Å². The lowest BCUT2D eigenvalue weighted by Crippen LogP contribution is -2.29. The highest BCUT2D eigenvalue weighted by atomic mass is 16.2. The second-order valence-corrected chi connectivity index (χ2v) is 7.85. The number of pyridine rings is 1.